The number of hydrogen-bond donors (Lipinski definition) is 3. The quantitative estimate of drug-likeness (QED) is 0.592. The Hall–Kier alpha value is -2.19. The fourth-order valence-electron chi connectivity index (χ4n) is 3.04. The summed E-state index contributed by atoms with van der Waals surface area (Å²) in [6.45, 7) is 9.60. The summed E-state index contributed by atoms with van der Waals surface area (Å²) in [4.78, 5) is 37.4. The minimum absolute atomic E-state index is 0.118. The highest BCUT2D eigenvalue weighted by Crippen LogP contribution is 2.11. The van der Waals surface area contributed by atoms with E-state index < -0.39 is 12.2 Å². The summed E-state index contributed by atoms with van der Waals surface area (Å²) in [6.07, 6.45) is 1.41. The molecule has 1 aliphatic rings. The van der Waals surface area contributed by atoms with Crippen molar-refractivity contribution in [1.29, 1.82) is 0 Å². The summed E-state index contributed by atoms with van der Waals surface area (Å²) < 4.78 is 9.81. The fourth-order valence-corrected chi connectivity index (χ4v) is 3.04. The maximum Gasteiger partial charge on any atom is 0.407 e. The van der Waals surface area contributed by atoms with Gasteiger partial charge in [0.15, 0.2) is 0 Å². The summed E-state index contributed by atoms with van der Waals surface area (Å²) in [5.74, 6) is 0.363. The SMILES string of the molecule is CCOC(=O)N[C@@H]1CCCN(C(=O)NC[C@@H](CC(C)C)NC(=O)OCC)C1. The van der Waals surface area contributed by atoms with Gasteiger partial charge in [0.1, 0.15) is 0 Å². The number of amides is 4. The first-order valence-corrected chi connectivity index (χ1v) is 9.75. The van der Waals surface area contributed by atoms with Crippen LogP contribution in [-0.2, 0) is 9.47 Å². The third-order valence-corrected chi connectivity index (χ3v) is 4.16. The number of rotatable bonds is 8. The molecule has 2 atom stereocenters. The standard InChI is InChI=1S/C18H34N4O5/c1-5-26-17(24)20-14-8-7-9-22(12-14)16(23)19-11-15(10-13(3)4)21-18(25)27-6-2/h13-15H,5-12H2,1-4H3,(H,19,23)(H,20,24)(H,21,25)/t14-,15-/m1/s1. The van der Waals surface area contributed by atoms with Gasteiger partial charge in [-0.05, 0) is 39.0 Å². The Labute approximate surface area is 161 Å². The van der Waals surface area contributed by atoms with Crippen LogP contribution in [0.1, 0.15) is 47.0 Å². The predicted molar refractivity (Wildman–Crippen MR) is 102 cm³/mol. The van der Waals surface area contributed by atoms with Crippen LogP contribution >= 0.6 is 0 Å². The van der Waals surface area contributed by atoms with E-state index in [-0.39, 0.29) is 18.1 Å². The molecule has 0 aromatic rings. The normalized spacial score (nSPS) is 17.8. The molecule has 1 rings (SSSR count). The Balaban J connectivity index is 2.49. The van der Waals surface area contributed by atoms with Crippen LogP contribution in [0.2, 0.25) is 0 Å². The molecule has 0 unspecified atom stereocenters. The molecular formula is C18H34N4O5. The Morgan fingerprint density at radius 2 is 1.78 bits per heavy atom. The first-order valence-electron chi connectivity index (χ1n) is 9.75. The van der Waals surface area contributed by atoms with Gasteiger partial charge in [-0.15, -0.1) is 0 Å². The van der Waals surface area contributed by atoms with Crippen molar-refractivity contribution in [2.75, 3.05) is 32.8 Å². The third kappa shape index (κ3) is 9.35. The van der Waals surface area contributed by atoms with Gasteiger partial charge in [-0.25, -0.2) is 14.4 Å². The molecular weight excluding hydrogens is 352 g/mol. The first kappa shape index (κ1) is 22.9. The number of carbonyl (C=O) groups excluding carboxylic acids is 3. The van der Waals surface area contributed by atoms with Gasteiger partial charge in [0.05, 0.1) is 13.2 Å². The van der Waals surface area contributed by atoms with Gasteiger partial charge in [-0.1, -0.05) is 13.8 Å². The molecule has 1 heterocycles. The van der Waals surface area contributed by atoms with Crippen molar-refractivity contribution in [2.45, 2.75) is 59.0 Å². The molecule has 0 aliphatic carbocycles. The molecule has 1 aliphatic heterocycles. The van der Waals surface area contributed by atoms with Crippen molar-refractivity contribution in [1.82, 2.24) is 20.9 Å². The van der Waals surface area contributed by atoms with Crippen LogP contribution in [0, 0.1) is 5.92 Å². The molecule has 9 nitrogen and oxygen atoms in total. The molecule has 0 radical (unpaired) electrons. The molecule has 0 spiro atoms. The van der Waals surface area contributed by atoms with E-state index in [9.17, 15) is 14.4 Å². The van der Waals surface area contributed by atoms with Gasteiger partial charge in [0.25, 0.3) is 0 Å². The van der Waals surface area contributed by atoms with Gasteiger partial charge in [-0.3, -0.25) is 0 Å². The second-order valence-electron chi connectivity index (χ2n) is 7.03. The lowest BCUT2D eigenvalue weighted by molar-refractivity contribution is 0.135. The largest absolute Gasteiger partial charge is 0.450 e. The summed E-state index contributed by atoms with van der Waals surface area (Å²) in [6, 6.07) is -0.524. The van der Waals surface area contributed by atoms with Gasteiger partial charge in [-0.2, -0.15) is 0 Å². The molecule has 27 heavy (non-hydrogen) atoms. The summed E-state index contributed by atoms with van der Waals surface area (Å²) in [5.41, 5.74) is 0. The van der Waals surface area contributed by atoms with Crippen LogP contribution < -0.4 is 16.0 Å². The number of nitrogens with one attached hydrogen (secondary N) is 3. The van der Waals surface area contributed by atoms with Crippen LogP contribution in [0.25, 0.3) is 0 Å². The molecule has 0 aromatic heterocycles. The summed E-state index contributed by atoms with van der Waals surface area (Å²) in [7, 11) is 0. The molecule has 1 saturated heterocycles. The molecule has 9 heteroatoms. The second kappa shape index (κ2) is 12.2. The van der Waals surface area contributed by atoms with Gasteiger partial charge >= 0.3 is 18.2 Å². The van der Waals surface area contributed by atoms with Crippen molar-refractivity contribution in [3.8, 4) is 0 Å². The highest BCUT2D eigenvalue weighted by Gasteiger charge is 2.25. The summed E-state index contributed by atoms with van der Waals surface area (Å²) >= 11 is 0. The average molecular weight is 386 g/mol. The minimum atomic E-state index is -0.478. The van der Waals surface area contributed by atoms with E-state index in [2.05, 4.69) is 29.8 Å². The van der Waals surface area contributed by atoms with Gasteiger partial charge < -0.3 is 30.3 Å². The van der Waals surface area contributed by atoms with Crippen molar-refractivity contribution in [3.05, 3.63) is 0 Å². The Morgan fingerprint density at radius 1 is 1.11 bits per heavy atom. The highest BCUT2D eigenvalue weighted by molar-refractivity contribution is 5.75. The maximum absolute atomic E-state index is 12.5. The number of ether oxygens (including phenoxy) is 2. The summed E-state index contributed by atoms with van der Waals surface area (Å²) in [5, 5.41) is 8.45. The molecule has 0 aromatic carbocycles. The number of likely N-dealkylation sites (tertiary alicyclic amines) is 1. The Kier molecular flexibility index (Phi) is 10.4. The molecule has 4 amide bonds. The zero-order valence-corrected chi connectivity index (χ0v) is 16.9. The topological polar surface area (TPSA) is 109 Å². The smallest absolute Gasteiger partial charge is 0.407 e. The lowest BCUT2D eigenvalue weighted by Gasteiger charge is -2.33. The van der Waals surface area contributed by atoms with E-state index in [0.29, 0.717) is 38.8 Å². The van der Waals surface area contributed by atoms with E-state index in [1.54, 1.807) is 18.7 Å². The monoisotopic (exact) mass is 386 g/mol. The van der Waals surface area contributed by atoms with Crippen LogP contribution in [-0.4, -0.2) is 68.0 Å². The molecule has 0 saturated carbocycles. The number of piperidine rings is 1. The van der Waals surface area contributed by atoms with E-state index in [1.165, 1.54) is 0 Å². The predicted octanol–water partition coefficient (Wildman–Crippen LogP) is 2.07. The first-order chi connectivity index (χ1) is 12.8. The maximum atomic E-state index is 12.5. The van der Waals surface area contributed by atoms with Crippen LogP contribution in [0.15, 0.2) is 0 Å². The van der Waals surface area contributed by atoms with E-state index in [4.69, 9.17) is 9.47 Å². The lowest BCUT2D eigenvalue weighted by atomic mass is 10.0. The Bertz CT molecular complexity index is 486. The zero-order chi connectivity index (χ0) is 20.2. The number of carbonyl (C=O) groups is 3. The Morgan fingerprint density at radius 3 is 2.41 bits per heavy atom. The lowest BCUT2D eigenvalue weighted by Crippen LogP contribution is -2.54. The molecule has 156 valence electrons. The van der Waals surface area contributed by atoms with Crippen molar-refractivity contribution < 1.29 is 23.9 Å². The fraction of sp³-hybridized carbons (Fsp3) is 0.833. The van der Waals surface area contributed by atoms with E-state index >= 15 is 0 Å². The van der Waals surface area contributed by atoms with Gasteiger partial charge in [0.2, 0.25) is 0 Å². The van der Waals surface area contributed by atoms with E-state index in [0.717, 1.165) is 19.3 Å². The van der Waals surface area contributed by atoms with Crippen LogP contribution in [0.5, 0.6) is 0 Å². The molecule has 3 N–H and O–H groups in total. The van der Waals surface area contributed by atoms with Crippen molar-refractivity contribution in [3.63, 3.8) is 0 Å². The van der Waals surface area contributed by atoms with Gasteiger partial charge in [0, 0.05) is 31.7 Å². The van der Waals surface area contributed by atoms with Crippen molar-refractivity contribution >= 4 is 18.2 Å². The minimum Gasteiger partial charge on any atom is -0.450 e. The van der Waals surface area contributed by atoms with Crippen LogP contribution in [0.3, 0.4) is 0 Å². The number of hydrogen-bond acceptors (Lipinski definition) is 5. The van der Waals surface area contributed by atoms with E-state index in [1.807, 2.05) is 0 Å². The number of alkyl carbamates (subject to hydrolysis) is 2. The number of urea groups is 1. The average Bonchev–Trinajstić information content (AvgIpc) is 2.59. The van der Waals surface area contributed by atoms with Crippen LogP contribution in [0.4, 0.5) is 14.4 Å². The highest BCUT2D eigenvalue weighted by atomic mass is 16.6. The molecule has 1 fully saturated rings. The second-order valence-corrected chi connectivity index (χ2v) is 7.03. The zero-order valence-electron chi connectivity index (χ0n) is 16.9. The number of nitrogens with zero attached hydrogens (tertiary/aromatic N) is 1. The third-order valence-electron chi connectivity index (χ3n) is 4.16. The van der Waals surface area contributed by atoms with Crippen molar-refractivity contribution in [2.24, 2.45) is 5.92 Å². The molecule has 0 bridgehead atoms.